The Morgan fingerprint density at radius 1 is 0.960 bits per heavy atom. The number of rotatable bonds is 6. The normalized spacial score (nSPS) is 10.8. The van der Waals surface area contributed by atoms with Crippen molar-refractivity contribution in [1.82, 2.24) is 14.9 Å². The Kier molecular flexibility index (Phi) is 5.28. The Bertz CT molecular complexity index is 855. The van der Waals surface area contributed by atoms with E-state index in [1.54, 1.807) is 11.8 Å². The van der Waals surface area contributed by atoms with Crippen molar-refractivity contribution < 1.29 is 4.74 Å². The zero-order chi connectivity index (χ0) is 17.8. The number of nitrogens with zero attached hydrogens (tertiary/aromatic N) is 3. The van der Waals surface area contributed by atoms with Crippen molar-refractivity contribution in [2.45, 2.75) is 38.3 Å². The Morgan fingerprint density at radius 2 is 1.64 bits per heavy atom. The fourth-order valence-corrected chi connectivity index (χ4v) is 3.53. The van der Waals surface area contributed by atoms with Gasteiger partial charge in [0.2, 0.25) is 5.16 Å². The van der Waals surface area contributed by atoms with Crippen LogP contribution in [0.4, 0.5) is 0 Å². The van der Waals surface area contributed by atoms with Crippen molar-refractivity contribution >= 4 is 11.8 Å². The molecule has 0 saturated carbocycles. The number of aryl methyl sites for hydroxylation is 3. The molecule has 3 rings (SSSR count). The van der Waals surface area contributed by atoms with Crippen LogP contribution in [0.2, 0.25) is 0 Å². The average Bonchev–Trinajstić information content (AvgIpc) is 2.94. The summed E-state index contributed by atoms with van der Waals surface area (Å²) in [6, 6.07) is 14.4. The quantitative estimate of drug-likeness (QED) is 0.539. The van der Waals surface area contributed by atoms with Crippen LogP contribution in [0.3, 0.4) is 0 Å². The highest BCUT2D eigenvalue weighted by atomic mass is 32.2. The second-order valence-corrected chi connectivity index (χ2v) is 6.94. The Balaban J connectivity index is 1.66. The van der Waals surface area contributed by atoms with E-state index < -0.39 is 0 Å². The maximum atomic E-state index is 6.14. The second kappa shape index (κ2) is 7.61. The summed E-state index contributed by atoms with van der Waals surface area (Å²) in [6.45, 7) is 6.45. The lowest BCUT2D eigenvalue weighted by molar-refractivity contribution is 0.288. The summed E-state index contributed by atoms with van der Waals surface area (Å²) in [5, 5.41) is 9.04. The molecule has 25 heavy (non-hydrogen) atoms. The van der Waals surface area contributed by atoms with Crippen molar-refractivity contribution in [1.29, 1.82) is 0 Å². The third kappa shape index (κ3) is 3.96. The van der Waals surface area contributed by atoms with Crippen LogP contribution < -0.4 is 10.6 Å². The van der Waals surface area contributed by atoms with Crippen LogP contribution in [0, 0.1) is 20.8 Å². The first-order valence-electron chi connectivity index (χ1n) is 8.12. The molecular weight excluding hydrogens is 332 g/mol. The number of para-hydroxylation sites is 1. The van der Waals surface area contributed by atoms with Crippen molar-refractivity contribution in [2.75, 3.05) is 5.84 Å². The third-order valence-corrected chi connectivity index (χ3v) is 5.10. The lowest BCUT2D eigenvalue weighted by Crippen LogP contribution is -2.16. The number of hydrogen-bond acceptors (Lipinski definition) is 5. The summed E-state index contributed by atoms with van der Waals surface area (Å²) >= 11 is 1.57. The first kappa shape index (κ1) is 17.4. The first-order chi connectivity index (χ1) is 12.1. The molecule has 1 heterocycles. The molecule has 0 saturated heterocycles. The van der Waals surface area contributed by atoms with Crippen molar-refractivity contribution in [2.24, 2.45) is 0 Å². The molecule has 0 spiro atoms. The molecule has 0 amide bonds. The topological polar surface area (TPSA) is 66.0 Å². The van der Waals surface area contributed by atoms with Crippen LogP contribution in [0.25, 0.3) is 0 Å². The zero-order valence-corrected chi connectivity index (χ0v) is 15.5. The van der Waals surface area contributed by atoms with Gasteiger partial charge in [-0.05, 0) is 43.0 Å². The number of hydrogen-bond donors (Lipinski definition) is 1. The van der Waals surface area contributed by atoms with Crippen LogP contribution in [0.15, 0.2) is 47.6 Å². The highest BCUT2D eigenvalue weighted by molar-refractivity contribution is 7.98. The van der Waals surface area contributed by atoms with Crippen LogP contribution in [-0.4, -0.2) is 14.9 Å². The summed E-state index contributed by atoms with van der Waals surface area (Å²) in [7, 11) is 0. The number of thioether (sulfide) groups is 1. The molecule has 0 fully saturated rings. The summed E-state index contributed by atoms with van der Waals surface area (Å²) in [5.41, 5.74) is 4.72. The predicted molar refractivity (Wildman–Crippen MR) is 101 cm³/mol. The van der Waals surface area contributed by atoms with Gasteiger partial charge in [-0.15, -0.1) is 10.2 Å². The Morgan fingerprint density at radius 3 is 2.36 bits per heavy atom. The summed E-state index contributed by atoms with van der Waals surface area (Å²) in [5.74, 6) is 8.42. The molecule has 0 bridgehead atoms. The smallest absolute Gasteiger partial charge is 0.210 e. The van der Waals surface area contributed by atoms with E-state index in [4.69, 9.17) is 10.6 Å². The molecule has 6 heteroatoms. The third-order valence-electron chi connectivity index (χ3n) is 4.11. The fraction of sp³-hybridized carbons (Fsp3) is 0.263. The van der Waals surface area contributed by atoms with Crippen molar-refractivity contribution in [3.05, 3.63) is 70.5 Å². The van der Waals surface area contributed by atoms with Crippen LogP contribution in [-0.2, 0) is 12.4 Å². The van der Waals surface area contributed by atoms with E-state index in [-0.39, 0.29) is 0 Å². The average molecular weight is 354 g/mol. The van der Waals surface area contributed by atoms with Crippen molar-refractivity contribution in [3.63, 3.8) is 0 Å². The molecule has 0 unspecified atom stereocenters. The largest absolute Gasteiger partial charge is 0.485 e. The van der Waals surface area contributed by atoms with Crippen molar-refractivity contribution in [3.8, 4) is 5.75 Å². The van der Waals surface area contributed by atoms with Gasteiger partial charge in [-0.25, -0.2) is 4.68 Å². The summed E-state index contributed by atoms with van der Waals surface area (Å²) < 4.78 is 7.43. The number of aromatic nitrogens is 3. The van der Waals surface area contributed by atoms with Gasteiger partial charge in [-0.3, -0.25) is 0 Å². The van der Waals surface area contributed by atoms with E-state index in [0.29, 0.717) is 17.6 Å². The van der Waals surface area contributed by atoms with Gasteiger partial charge in [0, 0.05) is 5.75 Å². The van der Waals surface area contributed by atoms with Gasteiger partial charge in [0.25, 0.3) is 0 Å². The van der Waals surface area contributed by atoms with Gasteiger partial charge in [0.05, 0.1) is 0 Å². The summed E-state index contributed by atoms with van der Waals surface area (Å²) in [6.07, 6.45) is 0. The Labute approximate surface area is 152 Å². The number of nitrogen functional groups attached to an aromatic ring is 1. The summed E-state index contributed by atoms with van der Waals surface area (Å²) in [4.78, 5) is 0. The molecule has 0 aliphatic rings. The molecule has 3 aromatic rings. The molecule has 2 aromatic carbocycles. The maximum Gasteiger partial charge on any atom is 0.210 e. The van der Waals surface area contributed by atoms with Gasteiger partial charge in [-0.2, -0.15) is 0 Å². The van der Waals surface area contributed by atoms with Crippen LogP contribution >= 0.6 is 11.8 Å². The van der Waals surface area contributed by atoms with Gasteiger partial charge >= 0.3 is 0 Å². The second-order valence-electron chi connectivity index (χ2n) is 5.99. The lowest BCUT2D eigenvalue weighted by atomic mass is 10.1. The van der Waals surface area contributed by atoms with E-state index in [1.165, 1.54) is 15.8 Å². The van der Waals surface area contributed by atoms with E-state index in [0.717, 1.165) is 22.6 Å². The molecule has 2 N–H and O–H groups in total. The van der Waals surface area contributed by atoms with E-state index in [1.807, 2.05) is 44.2 Å². The van der Waals surface area contributed by atoms with E-state index in [2.05, 4.69) is 29.3 Å². The highest BCUT2D eigenvalue weighted by Crippen LogP contribution is 2.25. The molecule has 0 radical (unpaired) electrons. The monoisotopic (exact) mass is 354 g/mol. The number of benzene rings is 2. The molecule has 130 valence electrons. The zero-order valence-electron chi connectivity index (χ0n) is 14.7. The standard InChI is InChI=1S/C19H22N4OS/c1-13-7-4-5-10-16(13)12-25-19-22-21-17(23(19)20)11-24-18-14(2)8-6-9-15(18)3/h4-10H,11-12,20H2,1-3H3. The highest BCUT2D eigenvalue weighted by Gasteiger charge is 2.12. The Hall–Kier alpha value is -2.47. The first-order valence-corrected chi connectivity index (χ1v) is 9.10. The minimum absolute atomic E-state index is 0.292. The van der Waals surface area contributed by atoms with E-state index >= 15 is 0 Å². The van der Waals surface area contributed by atoms with Crippen LogP contribution in [0.1, 0.15) is 28.1 Å². The van der Waals surface area contributed by atoms with Gasteiger partial charge < -0.3 is 10.6 Å². The minimum Gasteiger partial charge on any atom is -0.485 e. The molecule has 5 nitrogen and oxygen atoms in total. The molecule has 0 aliphatic carbocycles. The SMILES string of the molecule is Cc1ccccc1CSc1nnc(COc2c(C)cccc2C)n1N. The minimum atomic E-state index is 0.292. The van der Waals surface area contributed by atoms with E-state index in [9.17, 15) is 0 Å². The molecule has 0 aliphatic heterocycles. The molecular formula is C19H22N4OS. The maximum absolute atomic E-state index is 6.14. The number of nitrogens with two attached hydrogens (primary N) is 1. The van der Waals surface area contributed by atoms with Crippen LogP contribution in [0.5, 0.6) is 5.75 Å². The molecule has 1 aromatic heterocycles. The number of ether oxygens (including phenoxy) is 1. The lowest BCUT2D eigenvalue weighted by Gasteiger charge is -2.11. The molecule has 0 atom stereocenters. The predicted octanol–water partition coefficient (Wildman–Crippen LogP) is 3.79. The van der Waals surface area contributed by atoms with Gasteiger partial charge in [0.15, 0.2) is 5.82 Å². The van der Waals surface area contributed by atoms with Gasteiger partial charge in [-0.1, -0.05) is 54.2 Å². The fourth-order valence-electron chi connectivity index (χ4n) is 2.58. The van der Waals surface area contributed by atoms with Gasteiger partial charge in [0.1, 0.15) is 12.4 Å².